The van der Waals surface area contributed by atoms with Crippen LogP contribution in [0.5, 0.6) is 0 Å². The van der Waals surface area contributed by atoms with Crippen molar-refractivity contribution in [2.75, 3.05) is 6.61 Å². The Labute approximate surface area is 111 Å². The Bertz CT molecular complexity index is 434. The van der Waals surface area contributed by atoms with E-state index < -0.39 is 17.6 Å². The number of aliphatic hydroxyl groups excluding tert-OH is 1. The van der Waals surface area contributed by atoms with Crippen molar-refractivity contribution in [3.8, 4) is 0 Å². The van der Waals surface area contributed by atoms with Crippen molar-refractivity contribution < 1.29 is 24.5 Å². The van der Waals surface area contributed by atoms with E-state index in [1.54, 1.807) is 12.1 Å². The summed E-state index contributed by atoms with van der Waals surface area (Å²) < 4.78 is 4.93. The quantitative estimate of drug-likeness (QED) is 0.718. The van der Waals surface area contributed by atoms with Gasteiger partial charge in [0.05, 0.1) is 0 Å². The van der Waals surface area contributed by atoms with Crippen LogP contribution in [0.15, 0.2) is 30.3 Å². The zero-order chi connectivity index (χ0) is 14.3. The molecule has 1 amide bonds. The number of aliphatic carboxylic acids is 1. The first-order chi connectivity index (χ1) is 8.98. The molecule has 19 heavy (non-hydrogen) atoms. The first-order valence-electron chi connectivity index (χ1n) is 5.81. The first kappa shape index (κ1) is 15.0. The van der Waals surface area contributed by atoms with Crippen molar-refractivity contribution in [2.24, 2.45) is 0 Å². The molecule has 0 saturated carbocycles. The van der Waals surface area contributed by atoms with Crippen molar-refractivity contribution in [2.45, 2.75) is 25.5 Å². The maximum atomic E-state index is 11.5. The third-order valence-corrected chi connectivity index (χ3v) is 2.67. The smallest absolute Gasteiger partial charge is 0.408 e. The molecule has 0 spiro atoms. The van der Waals surface area contributed by atoms with Crippen LogP contribution in [-0.2, 0) is 16.1 Å². The summed E-state index contributed by atoms with van der Waals surface area (Å²) >= 11 is 0. The average molecular weight is 267 g/mol. The van der Waals surface area contributed by atoms with Crippen LogP contribution in [0.25, 0.3) is 0 Å². The monoisotopic (exact) mass is 267 g/mol. The Kier molecular flexibility index (Phi) is 5.32. The van der Waals surface area contributed by atoms with Gasteiger partial charge in [-0.3, -0.25) is 0 Å². The highest BCUT2D eigenvalue weighted by Gasteiger charge is 2.34. The van der Waals surface area contributed by atoms with Crippen LogP contribution in [-0.4, -0.2) is 34.4 Å². The topological polar surface area (TPSA) is 95.9 Å². The van der Waals surface area contributed by atoms with Gasteiger partial charge in [-0.05, 0) is 12.5 Å². The molecule has 1 aromatic carbocycles. The molecule has 6 nitrogen and oxygen atoms in total. The molecule has 0 aromatic heterocycles. The molecular weight excluding hydrogens is 250 g/mol. The maximum Gasteiger partial charge on any atom is 0.408 e. The second kappa shape index (κ2) is 6.75. The number of aliphatic hydroxyl groups is 1. The lowest BCUT2D eigenvalue weighted by Gasteiger charge is -2.24. The number of alkyl carbamates (subject to hydrolysis) is 1. The van der Waals surface area contributed by atoms with Crippen molar-refractivity contribution in [1.82, 2.24) is 5.32 Å². The Hall–Kier alpha value is -2.08. The summed E-state index contributed by atoms with van der Waals surface area (Å²) in [5.41, 5.74) is -0.737. The molecular formula is C13H17NO5. The molecule has 0 fully saturated rings. The lowest BCUT2D eigenvalue weighted by atomic mass is 9.99. The number of hydrogen-bond acceptors (Lipinski definition) is 4. The molecule has 0 radical (unpaired) electrons. The highest BCUT2D eigenvalue weighted by atomic mass is 16.5. The fourth-order valence-corrected chi connectivity index (χ4v) is 1.43. The number of carbonyl (C=O) groups excluding carboxylic acids is 1. The van der Waals surface area contributed by atoms with Gasteiger partial charge in [0.15, 0.2) is 0 Å². The molecule has 1 rings (SSSR count). The predicted octanol–water partition coefficient (Wildman–Crippen LogP) is 1.14. The van der Waals surface area contributed by atoms with E-state index in [4.69, 9.17) is 14.9 Å². The second-order valence-electron chi connectivity index (χ2n) is 4.30. The average Bonchev–Trinajstić information content (AvgIpc) is 2.37. The number of nitrogens with one attached hydrogen (secondary N) is 1. The Morgan fingerprint density at radius 3 is 2.47 bits per heavy atom. The number of hydrogen-bond donors (Lipinski definition) is 3. The number of carbonyl (C=O) groups is 2. The van der Waals surface area contributed by atoms with Crippen LogP contribution in [0.2, 0.25) is 0 Å². The molecule has 3 N–H and O–H groups in total. The van der Waals surface area contributed by atoms with Gasteiger partial charge >= 0.3 is 12.1 Å². The molecule has 0 aliphatic carbocycles. The molecule has 0 aliphatic heterocycles. The van der Waals surface area contributed by atoms with Gasteiger partial charge in [-0.2, -0.15) is 0 Å². The molecule has 0 heterocycles. The van der Waals surface area contributed by atoms with Crippen LogP contribution >= 0.6 is 0 Å². The zero-order valence-electron chi connectivity index (χ0n) is 10.6. The summed E-state index contributed by atoms with van der Waals surface area (Å²) in [4.78, 5) is 22.6. The van der Waals surface area contributed by atoms with Crippen LogP contribution in [0.3, 0.4) is 0 Å². The number of carboxylic acids is 1. The van der Waals surface area contributed by atoms with E-state index in [2.05, 4.69) is 5.32 Å². The highest BCUT2D eigenvalue weighted by molar-refractivity contribution is 5.83. The zero-order valence-corrected chi connectivity index (χ0v) is 10.6. The van der Waals surface area contributed by atoms with Crippen molar-refractivity contribution in [3.05, 3.63) is 35.9 Å². The highest BCUT2D eigenvalue weighted by Crippen LogP contribution is 2.10. The van der Waals surface area contributed by atoms with Gasteiger partial charge in [0, 0.05) is 13.0 Å². The van der Waals surface area contributed by atoms with E-state index in [-0.39, 0.29) is 19.6 Å². The minimum Gasteiger partial charge on any atom is -0.480 e. The molecule has 0 unspecified atom stereocenters. The fraction of sp³-hybridized carbons (Fsp3) is 0.385. The van der Waals surface area contributed by atoms with E-state index in [1.165, 1.54) is 6.92 Å². The third-order valence-electron chi connectivity index (χ3n) is 2.67. The van der Waals surface area contributed by atoms with Gasteiger partial charge < -0.3 is 20.3 Å². The Balaban J connectivity index is 2.52. The van der Waals surface area contributed by atoms with E-state index in [0.29, 0.717) is 0 Å². The number of ether oxygens (including phenoxy) is 1. The molecule has 6 heteroatoms. The van der Waals surface area contributed by atoms with Crippen LogP contribution in [0, 0.1) is 0 Å². The Morgan fingerprint density at radius 1 is 1.32 bits per heavy atom. The van der Waals surface area contributed by atoms with E-state index >= 15 is 0 Å². The predicted molar refractivity (Wildman–Crippen MR) is 67.5 cm³/mol. The number of rotatable bonds is 6. The molecule has 1 aromatic rings. The lowest BCUT2D eigenvalue weighted by Crippen LogP contribution is -2.52. The minimum absolute atomic E-state index is 0.0570. The Morgan fingerprint density at radius 2 is 1.95 bits per heavy atom. The summed E-state index contributed by atoms with van der Waals surface area (Å²) in [6, 6.07) is 9.04. The molecule has 0 saturated heterocycles. The SMILES string of the molecule is C[C@@](CCO)(NC(=O)OCc1ccccc1)C(=O)O. The minimum atomic E-state index is -1.54. The second-order valence-corrected chi connectivity index (χ2v) is 4.30. The lowest BCUT2D eigenvalue weighted by molar-refractivity contribution is -0.144. The molecule has 1 atom stereocenters. The largest absolute Gasteiger partial charge is 0.480 e. The molecule has 0 aliphatic rings. The summed E-state index contributed by atoms with van der Waals surface area (Å²) in [6.07, 6.45) is -0.926. The van der Waals surface area contributed by atoms with Crippen molar-refractivity contribution >= 4 is 12.1 Å². The normalized spacial score (nSPS) is 13.4. The van der Waals surface area contributed by atoms with E-state index in [0.717, 1.165) is 5.56 Å². The molecule has 0 bridgehead atoms. The summed E-state index contributed by atoms with van der Waals surface area (Å²) in [7, 11) is 0. The summed E-state index contributed by atoms with van der Waals surface area (Å²) in [5, 5.41) is 20.1. The summed E-state index contributed by atoms with van der Waals surface area (Å²) in [5.74, 6) is -1.22. The van der Waals surface area contributed by atoms with Crippen LogP contribution in [0.4, 0.5) is 4.79 Å². The van der Waals surface area contributed by atoms with Crippen molar-refractivity contribution in [1.29, 1.82) is 0 Å². The van der Waals surface area contributed by atoms with E-state index in [9.17, 15) is 9.59 Å². The molecule has 104 valence electrons. The van der Waals surface area contributed by atoms with Gasteiger partial charge in [0.1, 0.15) is 12.1 Å². The maximum absolute atomic E-state index is 11.5. The number of amides is 1. The van der Waals surface area contributed by atoms with Crippen LogP contribution < -0.4 is 5.32 Å². The van der Waals surface area contributed by atoms with Gasteiger partial charge in [-0.15, -0.1) is 0 Å². The van der Waals surface area contributed by atoms with Gasteiger partial charge in [0.25, 0.3) is 0 Å². The summed E-state index contributed by atoms with van der Waals surface area (Å²) in [6.45, 7) is 1.03. The van der Waals surface area contributed by atoms with Crippen LogP contribution in [0.1, 0.15) is 18.9 Å². The van der Waals surface area contributed by atoms with Gasteiger partial charge in [-0.25, -0.2) is 9.59 Å². The fourth-order valence-electron chi connectivity index (χ4n) is 1.43. The first-order valence-corrected chi connectivity index (χ1v) is 5.81. The third kappa shape index (κ3) is 4.59. The van der Waals surface area contributed by atoms with Gasteiger partial charge in [-0.1, -0.05) is 30.3 Å². The van der Waals surface area contributed by atoms with E-state index in [1.807, 2.05) is 18.2 Å². The number of benzene rings is 1. The van der Waals surface area contributed by atoms with Crippen molar-refractivity contribution in [3.63, 3.8) is 0 Å². The number of carboxylic acid groups (broad SMARTS) is 1. The standard InChI is InChI=1S/C13H17NO5/c1-13(7-8-15,11(16)17)14-12(18)19-9-10-5-3-2-4-6-10/h2-6,15H,7-9H2,1H3,(H,14,18)(H,16,17)/t13-/m0/s1. The van der Waals surface area contributed by atoms with Gasteiger partial charge in [0.2, 0.25) is 0 Å².